The van der Waals surface area contributed by atoms with Gasteiger partial charge in [0.1, 0.15) is 5.03 Å². The quantitative estimate of drug-likeness (QED) is 0.196. The zero-order chi connectivity index (χ0) is 29.7. The molecule has 0 saturated carbocycles. The number of hydrogen-bond donors (Lipinski definition) is 3. The maximum atomic E-state index is 12.9. The molecule has 3 N–H and O–H groups in total. The van der Waals surface area contributed by atoms with Crippen molar-refractivity contribution in [1.82, 2.24) is 4.98 Å². The summed E-state index contributed by atoms with van der Waals surface area (Å²) in [6, 6.07) is 25.6. The summed E-state index contributed by atoms with van der Waals surface area (Å²) in [5.74, 6) is -0.782. The number of nitrogens with zero attached hydrogens (tertiary/aromatic N) is 1. The van der Waals surface area contributed by atoms with Gasteiger partial charge in [0, 0.05) is 29.1 Å². The highest BCUT2D eigenvalue weighted by Crippen LogP contribution is 2.43. The maximum absolute atomic E-state index is 12.9. The van der Waals surface area contributed by atoms with E-state index in [1.165, 1.54) is 30.0 Å². The number of carbonyl (C=O) groups is 1. The van der Waals surface area contributed by atoms with Crippen LogP contribution in [0.5, 0.6) is 0 Å². The van der Waals surface area contributed by atoms with E-state index in [2.05, 4.69) is 9.71 Å². The third-order valence-electron chi connectivity index (χ3n) is 6.97. The molecule has 1 saturated heterocycles. The molecule has 0 amide bonds. The van der Waals surface area contributed by atoms with Crippen molar-refractivity contribution >= 4 is 33.4 Å². The lowest BCUT2D eigenvalue weighted by Gasteiger charge is -2.41. The van der Waals surface area contributed by atoms with Gasteiger partial charge in [-0.05, 0) is 47.5 Å². The van der Waals surface area contributed by atoms with E-state index in [0.717, 1.165) is 11.1 Å². The molecular formula is C31H30N2O7S2. The Morgan fingerprint density at radius 1 is 0.952 bits per heavy atom. The second kappa shape index (κ2) is 13.1. The Morgan fingerprint density at radius 3 is 2.43 bits per heavy atom. The molecule has 3 aromatic carbocycles. The fourth-order valence-corrected chi connectivity index (χ4v) is 6.92. The van der Waals surface area contributed by atoms with Crippen molar-refractivity contribution in [3.05, 3.63) is 119 Å². The van der Waals surface area contributed by atoms with Crippen LogP contribution in [-0.2, 0) is 26.1 Å². The molecule has 11 heteroatoms. The van der Waals surface area contributed by atoms with Gasteiger partial charge in [-0.25, -0.2) is 18.2 Å². The van der Waals surface area contributed by atoms with Crippen LogP contribution in [0.15, 0.2) is 107 Å². The summed E-state index contributed by atoms with van der Waals surface area (Å²) in [6.45, 7) is 1.93. The van der Waals surface area contributed by atoms with Gasteiger partial charge in [0.2, 0.25) is 0 Å². The number of sulfonamides is 1. The minimum absolute atomic E-state index is 0.0754. The van der Waals surface area contributed by atoms with Crippen molar-refractivity contribution in [2.45, 2.75) is 42.0 Å². The number of aromatic nitrogens is 1. The van der Waals surface area contributed by atoms with Crippen molar-refractivity contribution in [1.29, 1.82) is 0 Å². The number of thioether (sulfide) groups is 1. The summed E-state index contributed by atoms with van der Waals surface area (Å²) >= 11 is 1.30. The highest BCUT2D eigenvalue weighted by molar-refractivity contribution is 7.99. The number of nitrogens with one attached hydrogen (secondary N) is 1. The number of carboxylic acid groups (broad SMARTS) is 1. The van der Waals surface area contributed by atoms with Crippen molar-refractivity contribution in [2.24, 2.45) is 5.92 Å². The summed E-state index contributed by atoms with van der Waals surface area (Å²) in [4.78, 5) is 16.1. The molecule has 2 heterocycles. The SMILES string of the molecule is C[C@H]1[C@@H](CSc2ncccc2C(=O)O)O[C@@H](c2cccc(NS(=O)(=O)c3ccccc3)c2)O[C@H]1c1ccc(CO)cc1. The maximum Gasteiger partial charge on any atom is 0.338 e. The second-order valence-electron chi connectivity index (χ2n) is 9.84. The van der Waals surface area contributed by atoms with E-state index in [0.29, 0.717) is 22.0 Å². The molecule has 4 aromatic rings. The molecule has 4 atom stereocenters. The van der Waals surface area contributed by atoms with Crippen molar-refractivity contribution in [3.63, 3.8) is 0 Å². The minimum atomic E-state index is -3.80. The monoisotopic (exact) mass is 606 g/mol. The van der Waals surface area contributed by atoms with Gasteiger partial charge in [-0.2, -0.15) is 0 Å². The van der Waals surface area contributed by atoms with Crippen LogP contribution >= 0.6 is 11.8 Å². The van der Waals surface area contributed by atoms with E-state index in [9.17, 15) is 23.4 Å². The van der Waals surface area contributed by atoms with Crippen LogP contribution in [0.3, 0.4) is 0 Å². The first-order valence-corrected chi connectivity index (χ1v) is 15.7. The van der Waals surface area contributed by atoms with E-state index in [4.69, 9.17) is 9.47 Å². The molecule has 218 valence electrons. The molecule has 9 nitrogen and oxygen atoms in total. The molecule has 1 fully saturated rings. The first-order valence-electron chi connectivity index (χ1n) is 13.2. The highest BCUT2D eigenvalue weighted by Gasteiger charge is 2.38. The smallest absolute Gasteiger partial charge is 0.338 e. The number of pyridine rings is 1. The first-order chi connectivity index (χ1) is 20.2. The zero-order valence-corrected chi connectivity index (χ0v) is 24.3. The number of aromatic carboxylic acids is 1. The van der Waals surface area contributed by atoms with E-state index in [1.807, 2.05) is 31.2 Å². The predicted octanol–water partition coefficient (Wildman–Crippen LogP) is 5.66. The van der Waals surface area contributed by atoms with Gasteiger partial charge in [0.25, 0.3) is 10.0 Å². The van der Waals surface area contributed by atoms with Gasteiger partial charge >= 0.3 is 5.97 Å². The minimum Gasteiger partial charge on any atom is -0.478 e. The van der Waals surface area contributed by atoms with Crippen LogP contribution in [0.2, 0.25) is 0 Å². The van der Waals surface area contributed by atoms with E-state index >= 15 is 0 Å². The fraction of sp³-hybridized carbons (Fsp3) is 0.226. The van der Waals surface area contributed by atoms with Crippen LogP contribution in [0.1, 0.15) is 46.4 Å². The van der Waals surface area contributed by atoms with Crippen LogP contribution in [-0.4, -0.2) is 41.4 Å². The molecule has 1 aliphatic heterocycles. The zero-order valence-electron chi connectivity index (χ0n) is 22.7. The summed E-state index contributed by atoms with van der Waals surface area (Å²) in [6.07, 6.45) is -0.0449. The van der Waals surface area contributed by atoms with Crippen LogP contribution in [0, 0.1) is 5.92 Å². The Bertz CT molecular complexity index is 1630. The number of carboxylic acids is 1. The van der Waals surface area contributed by atoms with Crippen LogP contribution in [0.4, 0.5) is 5.69 Å². The summed E-state index contributed by atoms with van der Waals surface area (Å²) in [5, 5.41) is 19.5. The van der Waals surface area contributed by atoms with Crippen molar-refractivity contribution < 1.29 is 32.9 Å². The first kappa shape index (κ1) is 29.7. The largest absolute Gasteiger partial charge is 0.478 e. The third-order valence-corrected chi connectivity index (χ3v) is 9.46. The molecule has 1 aromatic heterocycles. The number of anilines is 1. The van der Waals surface area contributed by atoms with Crippen LogP contribution < -0.4 is 4.72 Å². The lowest BCUT2D eigenvalue weighted by molar-refractivity contribution is -0.268. The van der Waals surface area contributed by atoms with Gasteiger partial charge in [0.15, 0.2) is 6.29 Å². The van der Waals surface area contributed by atoms with E-state index in [-0.39, 0.29) is 29.1 Å². The van der Waals surface area contributed by atoms with Crippen molar-refractivity contribution in [2.75, 3.05) is 10.5 Å². The topological polar surface area (TPSA) is 135 Å². The molecule has 0 aliphatic carbocycles. The number of rotatable bonds is 10. The molecule has 0 bridgehead atoms. The number of hydrogen-bond acceptors (Lipinski definition) is 8. The summed E-state index contributed by atoms with van der Waals surface area (Å²) in [5.41, 5.74) is 2.76. The molecule has 0 spiro atoms. The Morgan fingerprint density at radius 2 is 1.71 bits per heavy atom. The van der Waals surface area contributed by atoms with Gasteiger partial charge < -0.3 is 19.7 Å². The lowest BCUT2D eigenvalue weighted by Crippen LogP contribution is -2.38. The Hall–Kier alpha value is -3.74. The summed E-state index contributed by atoms with van der Waals surface area (Å²) in [7, 11) is -3.80. The number of ether oxygens (including phenoxy) is 2. The Balaban J connectivity index is 1.42. The lowest BCUT2D eigenvalue weighted by atomic mass is 9.91. The number of aliphatic hydroxyl groups is 1. The molecule has 0 unspecified atom stereocenters. The number of benzene rings is 3. The average Bonchev–Trinajstić information content (AvgIpc) is 3.01. The summed E-state index contributed by atoms with van der Waals surface area (Å²) < 4.78 is 41.4. The fourth-order valence-electron chi connectivity index (χ4n) is 4.70. The molecule has 5 rings (SSSR count). The Labute approximate surface area is 248 Å². The van der Waals surface area contributed by atoms with Gasteiger partial charge in [-0.1, -0.05) is 61.5 Å². The van der Waals surface area contributed by atoms with Gasteiger partial charge in [-0.15, -0.1) is 11.8 Å². The Kier molecular flexibility index (Phi) is 9.24. The number of aliphatic hydroxyl groups excluding tert-OH is 1. The molecular weight excluding hydrogens is 576 g/mol. The average molecular weight is 607 g/mol. The van der Waals surface area contributed by atoms with E-state index < -0.39 is 28.4 Å². The second-order valence-corrected chi connectivity index (χ2v) is 12.5. The highest BCUT2D eigenvalue weighted by atomic mass is 32.2. The molecule has 0 radical (unpaired) electrons. The normalized spacial score (nSPS) is 20.6. The van der Waals surface area contributed by atoms with Gasteiger partial charge in [-0.3, -0.25) is 4.72 Å². The van der Waals surface area contributed by atoms with Gasteiger partial charge in [0.05, 0.1) is 29.3 Å². The van der Waals surface area contributed by atoms with Crippen molar-refractivity contribution in [3.8, 4) is 0 Å². The van der Waals surface area contributed by atoms with E-state index in [1.54, 1.807) is 54.7 Å². The van der Waals surface area contributed by atoms with Crippen LogP contribution in [0.25, 0.3) is 0 Å². The standard InChI is InChI=1S/C31H30N2O7S2/c1-20-27(19-41-29-26(30(35)36)11-6-16-32-29)39-31(40-28(20)22-14-12-21(18-34)13-15-22)23-7-5-8-24(17-23)33-42(37,38)25-9-3-2-4-10-25/h2-17,20,27-28,31,33-34H,18-19H2,1H3,(H,35,36)/t20-,27+,28+,31+/m0/s1. The third kappa shape index (κ3) is 6.83. The molecule has 42 heavy (non-hydrogen) atoms. The predicted molar refractivity (Wildman–Crippen MR) is 159 cm³/mol. The molecule has 1 aliphatic rings.